The molecular formula is C45H29N5. The van der Waals surface area contributed by atoms with Crippen LogP contribution in [0.2, 0.25) is 0 Å². The maximum Gasteiger partial charge on any atom is 0.238 e. The first-order valence-electron chi connectivity index (χ1n) is 16.8. The highest BCUT2D eigenvalue weighted by molar-refractivity contribution is 6.14. The van der Waals surface area contributed by atoms with Gasteiger partial charge in [0.2, 0.25) is 5.95 Å². The molecule has 0 amide bonds. The van der Waals surface area contributed by atoms with E-state index in [-0.39, 0.29) is 0 Å². The van der Waals surface area contributed by atoms with Crippen LogP contribution in [0.1, 0.15) is 0 Å². The van der Waals surface area contributed by atoms with E-state index in [9.17, 15) is 0 Å². The average Bonchev–Trinajstić information content (AvgIpc) is 3.72. The minimum absolute atomic E-state index is 0.583. The highest BCUT2D eigenvalue weighted by atomic mass is 15.2. The summed E-state index contributed by atoms with van der Waals surface area (Å²) in [5.74, 6) is 1.82. The van der Waals surface area contributed by atoms with E-state index in [1.54, 1.807) is 0 Å². The van der Waals surface area contributed by atoms with Crippen molar-refractivity contribution in [3.8, 4) is 45.5 Å². The highest BCUT2D eigenvalue weighted by Crippen LogP contribution is 2.39. The predicted octanol–water partition coefficient (Wildman–Crippen LogP) is 11.1. The summed E-state index contributed by atoms with van der Waals surface area (Å²) in [4.78, 5) is 15.4. The Morgan fingerprint density at radius 1 is 0.340 bits per heavy atom. The number of fused-ring (bicyclic) bond motifs is 6. The van der Waals surface area contributed by atoms with Crippen molar-refractivity contribution in [3.63, 3.8) is 0 Å². The molecule has 0 saturated carbocycles. The second kappa shape index (κ2) is 11.4. The van der Waals surface area contributed by atoms with Crippen LogP contribution in [0.3, 0.4) is 0 Å². The quantitative estimate of drug-likeness (QED) is 0.188. The van der Waals surface area contributed by atoms with Crippen molar-refractivity contribution in [3.05, 3.63) is 176 Å². The maximum absolute atomic E-state index is 5.22. The summed E-state index contributed by atoms with van der Waals surface area (Å²) in [5, 5.41) is 4.75. The van der Waals surface area contributed by atoms with E-state index >= 15 is 0 Å². The monoisotopic (exact) mass is 639 g/mol. The standard InChI is InChI=1S/C45H29N5/c1-3-15-30(16-4-1)34-24-14-25-38-37-23-9-10-26-39(37)49(42(34)38)33-20-13-19-32(29-33)44-46-43(31-17-5-2-6-18-31)47-45(48-44)50-40-27-11-7-21-35(40)36-22-8-12-28-41(36)50/h1-29H. The zero-order valence-corrected chi connectivity index (χ0v) is 27.0. The van der Waals surface area contributed by atoms with Crippen molar-refractivity contribution >= 4 is 43.6 Å². The van der Waals surface area contributed by atoms with Crippen molar-refractivity contribution in [1.29, 1.82) is 0 Å². The molecule has 0 aliphatic carbocycles. The Morgan fingerprint density at radius 2 is 0.820 bits per heavy atom. The van der Waals surface area contributed by atoms with Gasteiger partial charge >= 0.3 is 0 Å². The van der Waals surface area contributed by atoms with Gasteiger partial charge in [-0.05, 0) is 35.9 Å². The second-order valence-electron chi connectivity index (χ2n) is 12.5. The Morgan fingerprint density at radius 3 is 1.48 bits per heavy atom. The van der Waals surface area contributed by atoms with E-state index in [4.69, 9.17) is 15.0 Å². The summed E-state index contributed by atoms with van der Waals surface area (Å²) >= 11 is 0. The van der Waals surface area contributed by atoms with Crippen LogP contribution >= 0.6 is 0 Å². The van der Waals surface area contributed by atoms with Crippen LogP contribution in [-0.4, -0.2) is 24.1 Å². The Bertz CT molecular complexity index is 2810. The largest absolute Gasteiger partial charge is 0.309 e. The average molecular weight is 640 g/mol. The summed E-state index contributed by atoms with van der Waals surface area (Å²) in [6.07, 6.45) is 0. The van der Waals surface area contributed by atoms with Crippen LogP contribution in [0, 0.1) is 0 Å². The number of aromatic nitrogens is 5. The molecule has 3 aromatic heterocycles. The summed E-state index contributed by atoms with van der Waals surface area (Å²) in [7, 11) is 0. The summed E-state index contributed by atoms with van der Waals surface area (Å²) in [6, 6.07) is 61.5. The third-order valence-corrected chi connectivity index (χ3v) is 9.58. The number of hydrogen-bond donors (Lipinski definition) is 0. The zero-order valence-electron chi connectivity index (χ0n) is 27.0. The summed E-state index contributed by atoms with van der Waals surface area (Å²) in [6.45, 7) is 0. The summed E-state index contributed by atoms with van der Waals surface area (Å²) in [5.41, 5.74) is 9.67. The molecule has 0 unspecified atom stereocenters. The first-order valence-corrected chi connectivity index (χ1v) is 16.8. The van der Waals surface area contributed by atoms with Gasteiger partial charge in [-0.2, -0.15) is 9.97 Å². The number of para-hydroxylation sites is 4. The fraction of sp³-hybridized carbons (Fsp3) is 0. The van der Waals surface area contributed by atoms with Crippen LogP contribution in [0.4, 0.5) is 0 Å². The van der Waals surface area contributed by atoms with E-state index in [0.29, 0.717) is 17.6 Å². The van der Waals surface area contributed by atoms with Gasteiger partial charge in [0.15, 0.2) is 11.6 Å². The minimum atomic E-state index is 0.583. The van der Waals surface area contributed by atoms with Gasteiger partial charge in [0.25, 0.3) is 0 Å². The van der Waals surface area contributed by atoms with E-state index in [1.165, 1.54) is 27.4 Å². The molecule has 5 nitrogen and oxygen atoms in total. The third kappa shape index (κ3) is 4.45. The molecule has 0 atom stereocenters. The van der Waals surface area contributed by atoms with Crippen LogP contribution < -0.4 is 0 Å². The van der Waals surface area contributed by atoms with Crippen molar-refractivity contribution in [1.82, 2.24) is 24.1 Å². The molecule has 10 aromatic rings. The highest BCUT2D eigenvalue weighted by Gasteiger charge is 2.20. The first kappa shape index (κ1) is 28.2. The SMILES string of the molecule is c1ccc(-c2nc(-c3cccc(-n4c5ccccc5c5cccc(-c6ccccc6)c54)c3)nc(-n3c4ccccc4c4ccccc43)n2)cc1. The number of nitrogens with zero attached hydrogens (tertiary/aromatic N) is 5. The van der Waals surface area contributed by atoms with Gasteiger partial charge in [0, 0.05) is 43.9 Å². The third-order valence-electron chi connectivity index (χ3n) is 9.58. The Hall–Kier alpha value is -6.85. The lowest BCUT2D eigenvalue weighted by molar-refractivity contribution is 0.953. The van der Waals surface area contributed by atoms with Crippen molar-refractivity contribution in [2.75, 3.05) is 0 Å². The van der Waals surface area contributed by atoms with E-state index < -0.39 is 0 Å². The molecule has 0 spiro atoms. The molecular weight excluding hydrogens is 611 g/mol. The molecule has 5 heteroatoms. The smallest absolute Gasteiger partial charge is 0.238 e. The molecule has 0 aliphatic rings. The van der Waals surface area contributed by atoms with Crippen molar-refractivity contribution < 1.29 is 0 Å². The molecule has 0 fully saturated rings. The molecule has 0 radical (unpaired) electrons. The zero-order chi connectivity index (χ0) is 33.0. The van der Waals surface area contributed by atoms with Gasteiger partial charge in [-0.15, -0.1) is 0 Å². The van der Waals surface area contributed by atoms with Crippen LogP contribution in [0.25, 0.3) is 89.2 Å². The van der Waals surface area contributed by atoms with E-state index in [2.05, 4.69) is 155 Å². The van der Waals surface area contributed by atoms with Gasteiger partial charge in [0.1, 0.15) is 0 Å². The molecule has 0 aliphatic heterocycles. The lowest BCUT2D eigenvalue weighted by Crippen LogP contribution is -2.06. The fourth-order valence-electron chi connectivity index (χ4n) is 7.37. The summed E-state index contributed by atoms with van der Waals surface area (Å²) < 4.78 is 4.54. The van der Waals surface area contributed by atoms with Gasteiger partial charge < -0.3 is 4.57 Å². The molecule has 0 saturated heterocycles. The van der Waals surface area contributed by atoms with Crippen molar-refractivity contribution in [2.45, 2.75) is 0 Å². The lowest BCUT2D eigenvalue weighted by atomic mass is 10.0. The Labute approximate surface area is 288 Å². The second-order valence-corrected chi connectivity index (χ2v) is 12.5. The Kier molecular flexibility index (Phi) is 6.42. The maximum atomic E-state index is 5.22. The predicted molar refractivity (Wildman–Crippen MR) is 205 cm³/mol. The molecule has 3 heterocycles. The first-order chi connectivity index (χ1) is 24.8. The van der Waals surface area contributed by atoms with Gasteiger partial charge in [0.05, 0.1) is 22.1 Å². The topological polar surface area (TPSA) is 48.5 Å². The number of hydrogen-bond acceptors (Lipinski definition) is 3. The number of rotatable bonds is 5. The van der Waals surface area contributed by atoms with Crippen LogP contribution in [0.5, 0.6) is 0 Å². The fourth-order valence-corrected chi connectivity index (χ4v) is 7.37. The van der Waals surface area contributed by atoms with Crippen LogP contribution in [0.15, 0.2) is 176 Å². The van der Waals surface area contributed by atoms with Crippen LogP contribution in [-0.2, 0) is 0 Å². The minimum Gasteiger partial charge on any atom is -0.309 e. The molecule has 7 aromatic carbocycles. The van der Waals surface area contributed by atoms with Crippen molar-refractivity contribution in [2.24, 2.45) is 0 Å². The molecule has 50 heavy (non-hydrogen) atoms. The Balaban J connectivity index is 1.23. The van der Waals surface area contributed by atoms with E-state index in [0.717, 1.165) is 44.1 Å². The molecule has 234 valence electrons. The molecule has 10 rings (SSSR count). The van der Waals surface area contributed by atoms with E-state index in [1.807, 2.05) is 30.3 Å². The van der Waals surface area contributed by atoms with Gasteiger partial charge in [-0.1, -0.05) is 146 Å². The van der Waals surface area contributed by atoms with Gasteiger partial charge in [-0.3, -0.25) is 4.57 Å². The normalized spacial score (nSPS) is 11.6. The molecule has 0 N–H and O–H groups in total. The van der Waals surface area contributed by atoms with Gasteiger partial charge in [-0.25, -0.2) is 4.98 Å². The lowest BCUT2D eigenvalue weighted by Gasteiger charge is -2.14. The number of benzene rings is 7. The molecule has 0 bridgehead atoms.